The summed E-state index contributed by atoms with van der Waals surface area (Å²) in [5.74, 6) is -0.212. The lowest BCUT2D eigenvalue weighted by Crippen LogP contribution is -2.31. The molecule has 5 heteroatoms. The van der Waals surface area contributed by atoms with Crippen LogP contribution in [0, 0.1) is 12.8 Å². The summed E-state index contributed by atoms with van der Waals surface area (Å²) >= 11 is 0. The second kappa shape index (κ2) is 5.44. The third kappa shape index (κ3) is 3.84. The van der Waals surface area contributed by atoms with Crippen LogP contribution in [0.3, 0.4) is 0 Å². The highest BCUT2D eigenvalue weighted by Gasteiger charge is 2.19. The Labute approximate surface area is 94.9 Å². The van der Waals surface area contributed by atoms with E-state index in [0.29, 0.717) is 18.3 Å². The van der Waals surface area contributed by atoms with Crippen LogP contribution in [0.2, 0.25) is 0 Å². The van der Waals surface area contributed by atoms with E-state index in [4.69, 9.17) is 5.11 Å². The number of nitrogens with one attached hydrogen (secondary N) is 1. The first-order chi connectivity index (χ1) is 7.49. The van der Waals surface area contributed by atoms with Crippen LogP contribution in [0.15, 0.2) is 12.4 Å². The summed E-state index contributed by atoms with van der Waals surface area (Å²) in [4.78, 5) is 19.0. The summed E-state index contributed by atoms with van der Waals surface area (Å²) in [6.45, 7) is 5.84. The predicted molar refractivity (Wildman–Crippen MR) is 61.3 cm³/mol. The van der Waals surface area contributed by atoms with Crippen molar-refractivity contribution in [2.45, 2.75) is 33.2 Å². The number of rotatable bonds is 5. The molecule has 2 N–H and O–H groups in total. The zero-order valence-electron chi connectivity index (χ0n) is 9.77. The van der Waals surface area contributed by atoms with Gasteiger partial charge in [0.1, 0.15) is 6.04 Å². The maximum Gasteiger partial charge on any atom is 0.326 e. The third-order valence-electron chi connectivity index (χ3n) is 2.09. The van der Waals surface area contributed by atoms with Crippen molar-refractivity contribution in [2.75, 3.05) is 5.32 Å². The number of nitrogens with zero attached hydrogens (tertiary/aromatic N) is 2. The van der Waals surface area contributed by atoms with Crippen molar-refractivity contribution < 1.29 is 9.90 Å². The van der Waals surface area contributed by atoms with Gasteiger partial charge in [-0.2, -0.15) is 0 Å². The molecular weight excluding hydrogens is 206 g/mol. The van der Waals surface area contributed by atoms with Gasteiger partial charge in [0.2, 0.25) is 5.95 Å². The van der Waals surface area contributed by atoms with E-state index in [1.807, 2.05) is 20.8 Å². The molecule has 0 unspecified atom stereocenters. The quantitative estimate of drug-likeness (QED) is 0.794. The van der Waals surface area contributed by atoms with Crippen molar-refractivity contribution in [3.63, 3.8) is 0 Å². The normalized spacial score (nSPS) is 12.5. The van der Waals surface area contributed by atoms with E-state index in [0.717, 1.165) is 5.56 Å². The van der Waals surface area contributed by atoms with Crippen LogP contribution in [0.5, 0.6) is 0 Å². The Hall–Kier alpha value is -1.65. The molecule has 1 heterocycles. The molecule has 0 aromatic carbocycles. The van der Waals surface area contributed by atoms with Crippen LogP contribution in [0.1, 0.15) is 25.8 Å². The number of carboxylic acid groups (broad SMARTS) is 1. The standard InChI is InChI=1S/C11H17N3O2/c1-7(2)4-9(10(15)16)14-11-12-5-8(3)6-13-11/h5-7,9H,4H2,1-3H3,(H,15,16)(H,12,13,14)/t9-/m0/s1. The van der Waals surface area contributed by atoms with E-state index in [9.17, 15) is 4.79 Å². The van der Waals surface area contributed by atoms with Crippen molar-refractivity contribution >= 4 is 11.9 Å². The second-order valence-electron chi connectivity index (χ2n) is 4.25. The highest BCUT2D eigenvalue weighted by molar-refractivity contribution is 5.76. The minimum atomic E-state index is -0.877. The summed E-state index contributed by atoms with van der Waals surface area (Å²) in [7, 11) is 0. The first-order valence-corrected chi connectivity index (χ1v) is 5.27. The number of hydrogen-bond donors (Lipinski definition) is 2. The number of anilines is 1. The molecule has 0 bridgehead atoms. The van der Waals surface area contributed by atoms with E-state index >= 15 is 0 Å². The first-order valence-electron chi connectivity index (χ1n) is 5.27. The number of aliphatic carboxylic acids is 1. The number of aryl methyl sites for hydroxylation is 1. The lowest BCUT2D eigenvalue weighted by Gasteiger charge is -2.16. The summed E-state index contributed by atoms with van der Waals surface area (Å²) in [6.07, 6.45) is 3.86. The molecule has 0 fully saturated rings. The monoisotopic (exact) mass is 223 g/mol. The summed E-state index contributed by atoms with van der Waals surface area (Å²) < 4.78 is 0. The van der Waals surface area contributed by atoms with Gasteiger partial charge in [-0.3, -0.25) is 0 Å². The van der Waals surface area contributed by atoms with Gasteiger partial charge in [-0.1, -0.05) is 13.8 Å². The predicted octanol–water partition coefficient (Wildman–Crippen LogP) is 1.70. The average molecular weight is 223 g/mol. The molecule has 0 spiro atoms. The van der Waals surface area contributed by atoms with Gasteiger partial charge in [0.15, 0.2) is 0 Å². The molecule has 0 amide bonds. The molecule has 1 atom stereocenters. The van der Waals surface area contributed by atoms with Crippen molar-refractivity contribution in [3.8, 4) is 0 Å². The number of carboxylic acids is 1. The maximum atomic E-state index is 11.0. The molecule has 0 aliphatic rings. The highest BCUT2D eigenvalue weighted by Crippen LogP contribution is 2.09. The van der Waals surface area contributed by atoms with Gasteiger partial charge < -0.3 is 10.4 Å². The van der Waals surface area contributed by atoms with Crippen LogP contribution in [0.25, 0.3) is 0 Å². The minimum absolute atomic E-state index is 0.305. The van der Waals surface area contributed by atoms with Gasteiger partial charge in [0.05, 0.1) is 0 Å². The lowest BCUT2D eigenvalue weighted by molar-refractivity contribution is -0.138. The molecule has 0 radical (unpaired) electrons. The Bertz CT molecular complexity index is 349. The van der Waals surface area contributed by atoms with E-state index < -0.39 is 12.0 Å². The van der Waals surface area contributed by atoms with Crippen LogP contribution >= 0.6 is 0 Å². The van der Waals surface area contributed by atoms with Gasteiger partial charge in [0.25, 0.3) is 0 Å². The summed E-state index contributed by atoms with van der Waals surface area (Å²) in [5, 5.41) is 11.8. The van der Waals surface area contributed by atoms with E-state index in [1.54, 1.807) is 12.4 Å². The Balaban J connectivity index is 2.68. The molecule has 0 saturated heterocycles. The molecule has 88 valence electrons. The zero-order chi connectivity index (χ0) is 12.1. The Morgan fingerprint density at radius 1 is 1.44 bits per heavy atom. The summed E-state index contributed by atoms with van der Waals surface area (Å²) in [5.41, 5.74) is 0.946. The summed E-state index contributed by atoms with van der Waals surface area (Å²) in [6, 6.07) is -0.636. The fourth-order valence-electron chi connectivity index (χ4n) is 1.32. The van der Waals surface area contributed by atoms with Crippen molar-refractivity contribution in [1.82, 2.24) is 9.97 Å². The molecular formula is C11H17N3O2. The fraction of sp³-hybridized carbons (Fsp3) is 0.545. The molecule has 1 rings (SSSR count). The Morgan fingerprint density at radius 2 is 2.00 bits per heavy atom. The Kier molecular flexibility index (Phi) is 4.22. The fourth-order valence-corrected chi connectivity index (χ4v) is 1.32. The van der Waals surface area contributed by atoms with Crippen LogP contribution < -0.4 is 5.32 Å². The molecule has 1 aromatic rings. The van der Waals surface area contributed by atoms with Gasteiger partial charge >= 0.3 is 5.97 Å². The number of hydrogen-bond acceptors (Lipinski definition) is 4. The molecule has 16 heavy (non-hydrogen) atoms. The van der Waals surface area contributed by atoms with Gasteiger partial charge in [-0.25, -0.2) is 14.8 Å². The van der Waals surface area contributed by atoms with Crippen LogP contribution in [-0.2, 0) is 4.79 Å². The average Bonchev–Trinajstić information content (AvgIpc) is 2.19. The van der Waals surface area contributed by atoms with Crippen molar-refractivity contribution in [1.29, 1.82) is 0 Å². The number of carbonyl (C=O) groups is 1. The SMILES string of the molecule is Cc1cnc(N[C@@H](CC(C)C)C(=O)O)nc1. The first kappa shape index (κ1) is 12.4. The smallest absolute Gasteiger partial charge is 0.326 e. The van der Waals surface area contributed by atoms with Gasteiger partial charge in [-0.15, -0.1) is 0 Å². The molecule has 1 aromatic heterocycles. The number of aromatic nitrogens is 2. The highest BCUT2D eigenvalue weighted by atomic mass is 16.4. The largest absolute Gasteiger partial charge is 0.480 e. The van der Waals surface area contributed by atoms with Gasteiger partial charge in [0, 0.05) is 12.4 Å². The maximum absolute atomic E-state index is 11.0. The zero-order valence-corrected chi connectivity index (χ0v) is 9.77. The van der Waals surface area contributed by atoms with E-state index in [-0.39, 0.29) is 0 Å². The molecule has 0 aliphatic carbocycles. The topological polar surface area (TPSA) is 75.1 Å². The van der Waals surface area contributed by atoms with Crippen LogP contribution in [0.4, 0.5) is 5.95 Å². The molecule has 5 nitrogen and oxygen atoms in total. The van der Waals surface area contributed by atoms with Crippen molar-refractivity contribution in [2.24, 2.45) is 5.92 Å². The van der Waals surface area contributed by atoms with Crippen LogP contribution in [-0.4, -0.2) is 27.1 Å². The van der Waals surface area contributed by atoms with Crippen molar-refractivity contribution in [3.05, 3.63) is 18.0 Å². The second-order valence-corrected chi connectivity index (χ2v) is 4.25. The Morgan fingerprint density at radius 3 is 2.44 bits per heavy atom. The van der Waals surface area contributed by atoms with Gasteiger partial charge in [-0.05, 0) is 24.8 Å². The lowest BCUT2D eigenvalue weighted by atomic mass is 10.0. The van der Waals surface area contributed by atoms with E-state index in [1.165, 1.54) is 0 Å². The molecule has 0 aliphatic heterocycles. The van der Waals surface area contributed by atoms with E-state index in [2.05, 4.69) is 15.3 Å². The minimum Gasteiger partial charge on any atom is -0.480 e. The molecule has 0 saturated carbocycles. The third-order valence-corrected chi connectivity index (χ3v) is 2.09.